The van der Waals surface area contributed by atoms with Crippen molar-refractivity contribution in [1.29, 1.82) is 0 Å². The van der Waals surface area contributed by atoms with Crippen LogP contribution in [0.25, 0.3) is 0 Å². The van der Waals surface area contributed by atoms with E-state index in [4.69, 9.17) is 4.74 Å². The van der Waals surface area contributed by atoms with Gasteiger partial charge in [0.2, 0.25) is 5.91 Å². The molecule has 0 aliphatic carbocycles. The highest BCUT2D eigenvalue weighted by atomic mass is 16.5. The van der Waals surface area contributed by atoms with Gasteiger partial charge in [0.05, 0.1) is 5.56 Å². The second-order valence-electron chi connectivity index (χ2n) is 9.51. The van der Waals surface area contributed by atoms with E-state index in [0.717, 1.165) is 58.3 Å². The predicted octanol–water partition coefficient (Wildman–Crippen LogP) is 3.76. The highest BCUT2D eigenvalue weighted by Gasteiger charge is 2.32. The Morgan fingerprint density at radius 2 is 1.79 bits per heavy atom. The van der Waals surface area contributed by atoms with Gasteiger partial charge in [0.25, 0.3) is 5.91 Å². The van der Waals surface area contributed by atoms with Crippen LogP contribution in [0.15, 0.2) is 54.6 Å². The van der Waals surface area contributed by atoms with Crippen molar-refractivity contribution in [3.63, 3.8) is 0 Å². The number of fused-ring (bicyclic) bond motifs is 2. The Bertz CT molecular complexity index is 949. The monoisotopic (exact) mass is 463 g/mol. The van der Waals surface area contributed by atoms with E-state index in [1.54, 1.807) is 6.92 Å². The van der Waals surface area contributed by atoms with Gasteiger partial charge in [-0.1, -0.05) is 48.9 Å². The summed E-state index contributed by atoms with van der Waals surface area (Å²) in [6.45, 7) is 6.38. The van der Waals surface area contributed by atoms with Gasteiger partial charge in [-0.2, -0.15) is 0 Å². The third kappa shape index (κ3) is 6.60. The Hall–Kier alpha value is -2.86. The first-order valence-corrected chi connectivity index (χ1v) is 12.6. The normalized spacial score (nSPS) is 22.5. The zero-order valence-corrected chi connectivity index (χ0v) is 20.2. The molecule has 1 N–H and O–H groups in total. The van der Waals surface area contributed by atoms with E-state index in [1.165, 1.54) is 5.56 Å². The number of nitrogens with one attached hydrogen (secondary N) is 1. The third-order valence-corrected chi connectivity index (χ3v) is 7.17. The summed E-state index contributed by atoms with van der Waals surface area (Å²) >= 11 is 0. The topological polar surface area (TPSA) is 61.9 Å². The standard InChI is InChI=1S/C28H37N3O3/c1-22(32)31-18-15-24-11-7-8-16-30(17-14-23-9-3-2-4-10-23)19-20-34-27-13-6-5-12-25(27)28(33)29-26(24)21-31/h2-6,9-10,12-13,24,26H,7-8,11,14-21H2,1H3,(H,29,33)/t24-,26+/m1/s1. The molecule has 2 aliphatic rings. The molecule has 0 spiro atoms. The molecule has 2 aromatic carbocycles. The van der Waals surface area contributed by atoms with E-state index in [-0.39, 0.29) is 17.9 Å². The molecule has 2 heterocycles. The molecule has 0 radical (unpaired) electrons. The number of nitrogens with zero attached hydrogens (tertiary/aromatic N) is 2. The van der Waals surface area contributed by atoms with Gasteiger partial charge in [0, 0.05) is 39.1 Å². The molecule has 0 saturated carbocycles. The molecule has 6 heteroatoms. The molecule has 2 amide bonds. The molecular weight excluding hydrogens is 426 g/mol. The highest BCUT2D eigenvalue weighted by Crippen LogP contribution is 2.25. The van der Waals surface area contributed by atoms with E-state index in [2.05, 4.69) is 40.5 Å². The number of para-hydroxylation sites is 1. The van der Waals surface area contributed by atoms with Gasteiger partial charge in [-0.15, -0.1) is 0 Å². The van der Waals surface area contributed by atoms with Gasteiger partial charge in [-0.05, 0) is 55.8 Å². The fraction of sp³-hybridized carbons (Fsp3) is 0.500. The zero-order chi connectivity index (χ0) is 23.8. The molecule has 4 rings (SSSR count). The van der Waals surface area contributed by atoms with E-state index in [9.17, 15) is 9.59 Å². The van der Waals surface area contributed by atoms with Crippen LogP contribution in [-0.2, 0) is 11.2 Å². The molecule has 182 valence electrons. The van der Waals surface area contributed by atoms with Crippen LogP contribution in [0.5, 0.6) is 5.75 Å². The summed E-state index contributed by atoms with van der Waals surface area (Å²) in [5.74, 6) is 0.961. The molecular formula is C28H37N3O3. The quantitative estimate of drug-likeness (QED) is 0.753. The highest BCUT2D eigenvalue weighted by molar-refractivity contribution is 5.97. The van der Waals surface area contributed by atoms with Crippen LogP contribution in [0, 0.1) is 5.92 Å². The predicted molar refractivity (Wildman–Crippen MR) is 134 cm³/mol. The first-order chi connectivity index (χ1) is 16.6. The lowest BCUT2D eigenvalue weighted by Crippen LogP contribution is -2.53. The van der Waals surface area contributed by atoms with Crippen molar-refractivity contribution in [3.8, 4) is 5.75 Å². The van der Waals surface area contributed by atoms with Gasteiger partial charge >= 0.3 is 0 Å². The number of hydrogen-bond donors (Lipinski definition) is 1. The molecule has 2 aromatic rings. The van der Waals surface area contributed by atoms with E-state index in [0.29, 0.717) is 30.4 Å². The molecule has 1 fully saturated rings. The lowest BCUT2D eigenvalue weighted by molar-refractivity contribution is -0.130. The first kappa shape index (κ1) is 24.3. The molecule has 2 atom stereocenters. The number of amides is 2. The van der Waals surface area contributed by atoms with E-state index >= 15 is 0 Å². The van der Waals surface area contributed by atoms with Crippen LogP contribution in [0.2, 0.25) is 0 Å². The molecule has 6 nitrogen and oxygen atoms in total. The summed E-state index contributed by atoms with van der Waals surface area (Å²) in [4.78, 5) is 29.6. The van der Waals surface area contributed by atoms with Gasteiger partial charge in [0.1, 0.15) is 12.4 Å². The second-order valence-corrected chi connectivity index (χ2v) is 9.51. The number of likely N-dealkylation sites (tertiary alicyclic amines) is 1. The van der Waals surface area contributed by atoms with Crippen LogP contribution >= 0.6 is 0 Å². The first-order valence-electron chi connectivity index (χ1n) is 12.6. The summed E-state index contributed by atoms with van der Waals surface area (Å²) in [6, 6.07) is 18.1. The Kier molecular flexibility index (Phi) is 8.58. The number of carbonyl (C=O) groups excluding carboxylic acids is 2. The van der Waals surface area contributed by atoms with Crippen molar-refractivity contribution in [3.05, 3.63) is 65.7 Å². The van der Waals surface area contributed by atoms with Crippen LogP contribution in [0.4, 0.5) is 0 Å². The van der Waals surface area contributed by atoms with E-state index in [1.807, 2.05) is 29.2 Å². The van der Waals surface area contributed by atoms with Crippen LogP contribution in [0.3, 0.4) is 0 Å². The Morgan fingerprint density at radius 3 is 2.62 bits per heavy atom. The van der Waals surface area contributed by atoms with Crippen molar-refractivity contribution >= 4 is 11.8 Å². The molecule has 2 aliphatic heterocycles. The average Bonchev–Trinajstić information content (AvgIpc) is 2.85. The van der Waals surface area contributed by atoms with Crippen LogP contribution in [0.1, 0.15) is 48.5 Å². The Balaban J connectivity index is 1.48. The van der Waals surface area contributed by atoms with Crippen LogP contribution in [-0.4, -0.2) is 67.0 Å². The average molecular weight is 464 g/mol. The number of piperidine rings is 1. The molecule has 0 bridgehead atoms. The maximum Gasteiger partial charge on any atom is 0.255 e. The zero-order valence-electron chi connectivity index (χ0n) is 20.2. The van der Waals surface area contributed by atoms with Crippen LogP contribution < -0.4 is 10.1 Å². The fourth-order valence-electron chi connectivity index (χ4n) is 5.12. The molecule has 34 heavy (non-hydrogen) atoms. The minimum Gasteiger partial charge on any atom is -0.491 e. The van der Waals surface area contributed by atoms with Crippen molar-refractivity contribution in [2.24, 2.45) is 5.92 Å². The van der Waals surface area contributed by atoms with Crippen molar-refractivity contribution in [1.82, 2.24) is 15.1 Å². The van der Waals surface area contributed by atoms with Gasteiger partial charge < -0.3 is 15.0 Å². The number of ether oxygens (including phenoxy) is 1. The largest absolute Gasteiger partial charge is 0.491 e. The fourth-order valence-corrected chi connectivity index (χ4v) is 5.12. The summed E-state index contributed by atoms with van der Waals surface area (Å²) in [7, 11) is 0. The maximum absolute atomic E-state index is 13.2. The summed E-state index contributed by atoms with van der Waals surface area (Å²) in [6.07, 6.45) is 5.27. The summed E-state index contributed by atoms with van der Waals surface area (Å²) < 4.78 is 6.11. The minimum atomic E-state index is -0.117. The molecule has 1 saturated heterocycles. The lowest BCUT2D eigenvalue weighted by atomic mass is 9.86. The summed E-state index contributed by atoms with van der Waals surface area (Å²) in [5, 5.41) is 3.24. The third-order valence-electron chi connectivity index (χ3n) is 7.17. The SMILES string of the molecule is CC(=O)N1CC[C@H]2CCCCN(CCc3ccccc3)CCOc3ccccc3C(=O)N[C@H]2C1. The second kappa shape index (κ2) is 12.0. The Labute approximate surface area is 203 Å². The molecule has 0 aromatic heterocycles. The smallest absolute Gasteiger partial charge is 0.255 e. The number of carbonyl (C=O) groups is 2. The van der Waals surface area contributed by atoms with Crippen molar-refractivity contribution in [2.45, 2.75) is 45.1 Å². The van der Waals surface area contributed by atoms with Gasteiger partial charge in [0.15, 0.2) is 0 Å². The number of hydrogen-bond acceptors (Lipinski definition) is 4. The number of benzene rings is 2. The number of rotatable bonds is 3. The molecule has 0 unspecified atom stereocenters. The van der Waals surface area contributed by atoms with Crippen molar-refractivity contribution < 1.29 is 14.3 Å². The summed E-state index contributed by atoms with van der Waals surface area (Å²) in [5.41, 5.74) is 1.92. The minimum absolute atomic E-state index is 0.0321. The van der Waals surface area contributed by atoms with Crippen molar-refractivity contribution in [2.75, 3.05) is 39.3 Å². The lowest BCUT2D eigenvalue weighted by Gasteiger charge is -2.39. The van der Waals surface area contributed by atoms with Gasteiger partial charge in [-0.25, -0.2) is 0 Å². The van der Waals surface area contributed by atoms with Gasteiger partial charge in [-0.3, -0.25) is 14.5 Å². The Morgan fingerprint density at radius 1 is 1.00 bits per heavy atom. The maximum atomic E-state index is 13.2. The van der Waals surface area contributed by atoms with E-state index < -0.39 is 0 Å².